The topological polar surface area (TPSA) is 50.8 Å². The van der Waals surface area contributed by atoms with Gasteiger partial charge in [-0.2, -0.15) is 0 Å². The van der Waals surface area contributed by atoms with Crippen LogP contribution in [0, 0.1) is 12.7 Å². The third kappa shape index (κ3) is 6.54. The number of likely N-dealkylation sites (tertiary alicyclic amines) is 1. The van der Waals surface area contributed by atoms with Gasteiger partial charge in [-0.3, -0.25) is 9.69 Å². The largest absolute Gasteiger partial charge is 0.491 e. The zero-order valence-corrected chi connectivity index (χ0v) is 17.8. The predicted molar refractivity (Wildman–Crippen MR) is 115 cm³/mol. The van der Waals surface area contributed by atoms with Gasteiger partial charge in [0.1, 0.15) is 23.8 Å². The number of carbonyl (C=O) groups excluding carboxylic acids is 1. The highest BCUT2D eigenvalue weighted by Crippen LogP contribution is 2.27. The monoisotopic (exact) mass is 414 g/mol. The second kappa shape index (κ2) is 10.5. The summed E-state index contributed by atoms with van der Waals surface area (Å²) in [5, 5.41) is 2.88. The fourth-order valence-corrected chi connectivity index (χ4v) is 3.74. The summed E-state index contributed by atoms with van der Waals surface area (Å²) in [6, 6.07) is 14.3. The summed E-state index contributed by atoms with van der Waals surface area (Å²) in [6.45, 7) is 4.80. The molecule has 0 aromatic heterocycles. The highest BCUT2D eigenvalue weighted by atomic mass is 19.1. The molecule has 0 unspecified atom stereocenters. The zero-order chi connectivity index (χ0) is 21.4. The van der Waals surface area contributed by atoms with Crippen LogP contribution in [0.15, 0.2) is 48.5 Å². The van der Waals surface area contributed by atoms with E-state index in [4.69, 9.17) is 9.47 Å². The number of amides is 1. The average molecular weight is 415 g/mol. The Morgan fingerprint density at radius 2 is 1.97 bits per heavy atom. The molecule has 0 radical (unpaired) electrons. The molecule has 0 saturated carbocycles. The number of aryl methyl sites for hydroxylation is 1. The molecule has 1 saturated heterocycles. The molecular formula is C24H31FN2O3. The van der Waals surface area contributed by atoms with E-state index in [1.165, 1.54) is 17.7 Å². The van der Waals surface area contributed by atoms with Gasteiger partial charge in [0.2, 0.25) is 5.91 Å². The van der Waals surface area contributed by atoms with E-state index in [0.717, 1.165) is 43.7 Å². The van der Waals surface area contributed by atoms with Crippen LogP contribution in [0.1, 0.15) is 30.4 Å². The first-order chi connectivity index (χ1) is 14.5. The van der Waals surface area contributed by atoms with Crippen LogP contribution in [0.3, 0.4) is 0 Å². The Morgan fingerprint density at radius 1 is 1.17 bits per heavy atom. The first-order valence-corrected chi connectivity index (χ1v) is 10.5. The van der Waals surface area contributed by atoms with Gasteiger partial charge in [-0.1, -0.05) is 29.8 Å². The second-order valence-electron chi connectivity index (χ2n) is 8.03. The molecule has 162 valence electrons. The normalized spacial score (nSPS) is 19.8. The van der Waals surface area contributed by atoms with Crippen LogP contribution in [-0.2, 0) is 16.1 Å². The van der Waals surface area contributed by atoms with Crippen molar-refractivity contribution >= 4 is 5.91 Å². The molecule has 2 aromatic rings. The van der Waals surface area contributed by atoms with Gasteiger partial charge in [-0.05, 0) is 62.6 Å². The smallest absolute Gasteiger partial charge is 0.234 e. The number of nitrogens with one attached hydrogen (secondary N) is 1. The molecule has 0 spiro atoms. The number of carbonyl (C=O) groups is 1. The Balaban J connectivity index is 1.47. The van der Waals surface area contributed by atoms with E-state index in [9.17, 15) is 9.18 Å². The molecule has 1 aliphatic heterocycles. The maximum Gasteiger partial charge on any atom is 0.234 e. The van der Waals surface area contributed by atoms with Crippen LogP contribution in [0.5, 0.6) is 5.75 Å². The Hall–Kier alpha value is -2.44. The van der Waals surface area contributed by atoms with Crippen molar-refractivity contribution in [1.29, 1.82) is 0 Å². The van der Waals surface area contributed by atoms with Crippen LogP contribution in [0.4, 0.5) is 4.39 Å². The van der Waals surface area contributed by atoms with Gasteiger partial charge in [0.25, 0.3) is 0 Å². The number of hydrogen-bond donors (Lipinski definition) is 1. The molecule has 1 fully saturated rings. The molecule has 2 aromatic carbocycles. The Morgan fingerprint density at radius 3 is 2.70 bits per heavy atom. The molecule has 1 N–H and O–H groups in total. The molecule has 3 rings (SSSR count). The van der Waals surface area contributed by atoms with Gasteiger partial charge in [0.05, 0.1) is 6.54 Å². The number of hydrogen-bond acceptors (Lipinski definition) is 4. The average Bonchev–Trinajstić information content (AvgIpc) is 2.95. The highest BCUT2D eigenvalue weighted by Gasteiger charge is 2.34. The molecule has 0 bridgehead atoms. The number of nitrogens with zero attached hydrogens (tertiary/aromatic N) is 1. The number of ether oxygens (including phenoxy) is 2. The van der Waals surface area contributed by atoms with Crippen LogP contribution < -0.4 is 10.1 Å². The van der Waals surface area contributed by atoms with Gasteiger partial charge in [-0.15, -0.1) is 0 Å². The highest BCUT2D eigenvalue weighted by molar-refractivity contribution is 5.78. The summed E-state index contributed by atoms with van der Waals surface area (Å²) < 4.78 is 25.2. The van der Waals surface area contributed by atoms with Crippen molar-refractivity contribution in [3.63, 3.8) is 0 Å². The molecule has 1 atom stereocenters. The third-order valence-corrected chi connectivity index (χ3v) is 5.69. The Kier molecular flexibility index (Phi) is 7.82. The molecular weight excluding hydrogens is 383 g/mol. The van der Waals surface area contributed by atoms with E-state index in [2.05, 4.69) is 17.1 Å². The lowest BCUT2D eigenvalue weighted by Gasteiger charge is -2.31. The quantitative estimate of drug-likeness (QED) is 0.716. The fourth-order valence-electron chi connectivity index (χ4n) is 3.74. The van der Waals surface area contributed by atoms with Gasteiger partial charge in [-0.25, -0.2) is 4.39 Å². The zero-order valence-electron chi connectivity index (χ0n) is 17.8. The van der Waals surface area contributed by atoms with Crippen molar-refractivity contribution in [2.75, 3.05) is 33.4 Å². The maximum absolute atomic E-state index is 13.3. The van der Waals surface area contributed by atoms with E-state index in [1.54, 1.807) is 19.2 Å². The lowest BCUT2D eigenvalue weighted by molar-refractivity contribution is -0.122. The summed E-state index contributed by atoms with van der Waals surface area (Å²) in [5.41, 5.74) is 1.60. The standard InChI is InChI=1S/C24H31FN2O3/c1-19-7-9-22(10-8-19)30-18-24(29-2)11-4-13-27(14-12-24)17-23(28)26-16-20-5-3-6-21(25)15-20/h3,5-10,15H,4,11-14,16-18H2,1-2H3,(H,26,28)/t24-/m0/s1. The SMILES string of the molecule is CO[C@@]1(COc2ccc(C)cc2)CCCN(CC(=O)NCc2cccc(F)c2)CC1. The van der Waals surface area contributed by atoms with Crippen LogP contribution in [0.25, 0.3) is 0 Å². The number of methoxy groups -OCH3 is 1. The predicted octanol–water partition coefficient (Wildman–Crippen LogP) is 3.70. The fraction of sp³-hybridized carbons (Fsp3) is 0.458. The minimum absolute atomic E-state index is 0.0555. The van der Waals surface area contributed by atoms with E-state index < -0.39 is 0 Å². The van der Waals surface area contributed by atoms with Gasteiger partial charge in [0.15, 0.2) is 0 Å². The van der Waals surface area contributed by atoms with Crippen molar-refractivity contribution in [2.24, 2.45) is 0 Å². The van der Waals surface area contributed by atoms with E-state index in [0.29, 0.717) is 19.7 Å². The van der Waals surface area contributed by atoms with Gasteiger partial charge >= 0.3 is 0 Å². The molecule has 5 nitrogen and oxygen atoms in total. The third-order valence-electron chi connectivity index (χ3n) is 5.69. The molecule has 0 aliphatic carbocycles. The van der Waals surface area contributed by atoms with E-state index in [-0.39, 0.29) is 17.3 Å². The van der Waals surface area contributed by atoms with E-state index >= 15 is 0 Å². The summed E-state index contributed by atoms with van der Waals surface area (Å²) >= 11 is 0. The lowest BCUT2D eigenvalue weighted by Crippen LogP contribution is -2.41. The molecule has 1 amide bonds. The van der Waals surface area contributed by atoms with Crippen molar-refractivity contribution in [2.45, 2.75) is 38.3 Å². The van der Waals surface area contributed by atoms with Crippen molar-refractivity contribution in [3.8, 4) is 5.75 Å². The number of benzene rings is 2. The maximum atomic E-state index is 13.3. The summed E-state index contributed by atoms with van der Waals surface area (Å²) in [5.74, 6) is 0.493. The van der Waals surface area contributed by atoms with Crippen LogP contribution in [0.2, 0.25) is 0 Å². The van der Waals surface area contributed by atoms with Crippen LogP contribution >= 0.6 is 0 Å². The van der Waals surface area contributed by atoms with Gasteiger partial charge in [0, 0.05) is 20.2 Å². The first-order valence-electron chi connectivity index (χ1n) is 10.5. The van der Waals surface area contributed by atoms with Crippen LogP contribution in [-0.4, -0.2) is 49.8 Å². The van der Waals surface area contributed by atoms with Crippen molar-refractivity contribution < 1.29 is 18.7 Å². The Bertz CT molecular complexity index is 827. The molecule has 1 heterocycles. The lowest BCUT2D eigenvalue weighted by atomic mass is 9.95. The summed E-state index contributed by atoms with van der Waals surface area (Å²) in [6.07, 6.45) is 2.62. The molecule has 6 heteroatoms. The van der Waals surface area contributed by atoms with E-state index in [1.807, 2.05) is 24.3 Å². The summed E-state index contributed by atoms with van der Waals surface area (Å²) in [4.78, 5) is 14.5. The number of halogens is 1. The number of rotatable bonds is 8. The summed E-state index contributed by atoms with van der Waals surface area (Å²) in [7, 11) is 1.74. The second-order valence-corrected chi connectivity index (χ2v) is 8.03. The van der Waals surface area contributed by atoms with Crippen molar-refractivity contribution in [3.05, 3.63) is 65.5 Å². The minimum Gasteiger partial charge on any atom is -0.491 e. The minimum atomic E-state index is -0.350. The molecule has 30 heavy (non-hydrogen) atoms. The van der Waals surface area contributed by atoms with Crippen molar-refractivity contribution in [1.82, 2.24) is 10.2 Å². The Labute approximate surface area is 178 Å². The first kappa shape index (κ1) is 22.2. The molecule has 1 aliphatic rings. The van der Waals surface area contributed by atoms with Gasteiger partial charge < -0.3 is 14.8 Å².